The lowest BCUT2D eigenvalue weighted by Crippen LogP contribution is -2.36. The maximum Gasteiger partial charge on any atom is 0.435 e. The van der Waals surface area contributed by atoms with Gasteiger partial charge < -0.3 is 15.5 Å². The van der Waals surface area contributed by atoms with Crippen molar-refractivity contribution >= 4 is 59.5 Å². The molecule has 0 fully saturated rings. The Morgan fingerprint density at radius 2 is 1.77 bits per heavy atom. The molecule has 0 saturated carbocycles. The number of likely N-dealkylation sites (N-methyl/N-ethyl adjacent to an activating group) is 1. The van der Waals surface area contributed by atoms with E-state index in [0.29, 0.717) is 55.7 Å². The van der Waals surface area contributed by atoms with Crippen LogP contribution in [-0.4, -0.2) is 82.2 Å². The second-order valence-electron chi connectivity index (χ2n) is 15.0. The van der Waals surface area contributed by atoms with Gasteiger partial charge in [-0.15, -0.1) is 0 Å². The van der Waals surface area contributed by atoms with Crippen molar-refractivity contribution in [2.45, 2.75) is 37.0 Å². The van der Waals surface area contributed by atoms with Crippen molar-refractivity contribution in [1.82, 2.24) is 39.7 Å². The number of carbonyl (C=O) groups is 1. The number of alkyl halides is 5. The van der Waals surface area contributed by atoms with Gasteiger partial charge in [-0.2, -0.15) is 32.1 Å². The average molecular weight is 877 g/mol. The van der Waals surface area contributed by atoms with Crippen LogP contribution in [0.5, 0.6) is 0 Å². The normalized spacial score (nSPS) is 17.5. The SMILES string of the molecule is CN(C)CCNc1nc2nc([C@H](Cc3cc(F)cc(F)c3)NC(=O)Cn3nc(C(F)(F)F)c4c3C(F)(F)[C@@H]3C=C[C@H]43)c(-c3cccc4c(NS(C)(=O)=O)nn(C)c34)cc2s1. The van der Waals surface area contributed by atoms with Crippen LogP contribution in [0.25, 0.3) is 32.4 Å². The molecular weight excluding hydrogens is 842 g/mol. The maximum atomic E-state index is 15.6. The van der Waals surface area contributed by atoms with Crippen LogP contribution < -0.4 is 15.4 Å². The van der Waals surface area contributed by atoms with Crippen molar-refractivity contribution in [1.29, 1.82) is 0 Å². The summed E-state index contributed by atoms with van der Waals surface area (Å²) < 4.78 is 132. The number of thiazole rings is 1. The fourth-order valence-corrected chi connectivity index (χ4v) is 9.14. The standard InChI is InChI=1S/C38H35F7N10O3S2/c1-53(2)11-10-46-36-49-35-27(59-36)16-24(21-6-5-7-23-31(21)54(3)51-34(23)52-60(4,57)58)30(48-35)26(14-18-12-19(39)15-20(40)13-18)47-28(56)17-55-33-29(32(50-55)38(43,44)45)22-8-9-25(22)37(33,41)42/h5-9,12-13,15-16,22,25-26H,10-11,14,17H2,1-4H3,(H,47,56)(H,51,52)(H,46,48,49)/t22-,25+,26-/m0/s1. The Balaban J connectivity index is 1.27. The van der Waals surface area contributed by atoms with E-state index in [0.717, 1.165) is 24.5 Å². The Labute approximate surface area is 341 Å². The van der Waals surface area contributed by atoms with E-state index < -0.39 is 81.0 Å². The molecular formula is C38H35F7N10O3S2. The highest BCUT2D eigenvalue weighted by molar-refractivity contribution is 7.92. The number of aromatic nitrogens is 6. The number of nitrogens with one attached hydrogen (secondary N) is 3. The number of nitrogens with zero attached hydrogens (tertiary/aromatic N) is 7. The van der Waals surface area contributed by atoms with Crippen LogP contribution >= 0.6 is 11.3 Å². The van der Waals surface area contributed by atoms with Crippen LogP contribution in [0.3, 0.4) is 0 Å². The zero-order valence-electron chi connectivity index (χ0n) is 32.1. The summed E-state index contributed by atoms with van der Waals surface area (Å²) in [5.74, 6) is -9.44. The first-order valence-electron chi connectivity index (χ1n) is 18.3. The number of hydrogen-bond donors (Lipinski definition) is 3. The number of hydrogen-bond acceptors (Lipinski definition) is 10. The topological polar surface area (TPSA) is 152 Å². The first-order chi connectivity index (χ1) is 28.2. The van der Waals surface area contributed by atoms with Gasteiger partial charge in [0.25, 0.3) is 5.92 Å². The third-order valence-electron chi connectivity index (χ3n) is 10.2. The number of anilines is 2. The number of benzene rings is 2. The molecule has 2 aliphatic rings. The summed E-state index contributed by atoms with van der Waals surface area (Å²) in [5.41, 5.74) is -1.73. The van der Waals surface area contributed by atoms with Gasteiger partial charge in [0.15, 0.2) is 22.3 Å². The van der Waals surface area contributed by atoms with Crippen LogP contribution in [0, 0.1) is 17.6 Å². The first-order valence-corrected chi connectivity index (χ1v) is 21.0. The number of sulfonamides is 1. The zero-order valence-corrected chi connectivity index (χ0v) is 33.7. The molecule has 22 heteroatoms. The third kappa shape index (κ3) is 7.66. The van der Waals surface area contributed by atoms with Gasteiger partial charge in [0.05, 0.1) is 34.1 Å². The minimum Gasteiger partial charge on any atom is -0.360 e. The highest BCUT2D eigenvalue weighted by Gasteiger charge is 2.61. The number of rotatable bonds is 13. The number of aryl methyl sites for hydroxylation is 1. The number of carbonyl (C=O) groups excluding carboxylic acids is 1. The number of fused-ring (bicyclic) bond motifs is 5. The van der Waals surface area contributed by atoms with E-state index >= 15 is 8.78 Å². The second-order valence-corrected chi connectivity index (χ2v) is 17.7. The molecule has 6 aromatic rings. The van der Waals surface area contributed by atoms with E-state index in [1.165, 1.54) is 22.1 Å². The van der Waals surface area contributed by atoms with Gasteiger partial charge in [0.1, 0.15) is 23.9 Å². The maximum absolute atomic E-state index is 15.6. The Kier molecular flexibility index (Phi) is 10.2. The van der Waals surface area contributed by atoms with Crippen molar-refractivity contribution in [2.75, 3.05) is 43.5 Å². The van der Waals surface area contributed by atoms with E-state index in [4.69, 9.17) is 4.98 Å². The quantitative estimate of drug-likeness (QED) is 0.0866. The molecule has 1 amide bonds. The molecule has 0 saturated heterocycles. The van der Waals surface area contributed by atoms with E-state index in [9.17, 15) is 35.2 Å². The molecule has 0 unspecified atom stereocenters. The largest absolute Gasteiger partial charge is 0.435 e. The molecule has 0 aliphatic heterocycles. The molecule has 3 N–H and O–H groups in total. The predicted octanol–water partition coefficient (Wildman–Crippen LogP) is 6.56. The van der Waals surface area contributed by atoms with E-state index in [1.54, 1.807) is 31.3 Å². The molecule has 0 spiro atoms. The van der Waals surface area contributed by atoms with Crippen LogP contribution in [0.4, 0.5) is 41.7 Å². The Morgan fingerprint density at radius 3 is 2.42 bits per heavy atom. The van der Waals surface area contributed by atoms with Crippen LogP contribution in [0.2, 0.25) is 0 Å². The van der Waals surface area contributed by atoms with Gasteiger partial charge in [-0.05, 0) is 50.3 Å². The molecule has 8 rings (SSSR count). The Bertz CT molecular complexity index is 2810. The molecule has 60 heavy (non-hydrogen) atoms. The fraction of sp³-hybridized carbons (Fsp3) is 0.342. The number of halogens is 7. The van der Waals surface area contributed by atoms with Crippen molar-refractivity contribution < 1.29 is 43.9 Å². The van der Waals surface area contributed by atoms with Gasteiger partial charge in [-0.3, -0.25) is 18.9 Å². The van der Waals surface area contributed by atoms with E-state index in [2.05, 4.69) is 30.5 Å². The van der Waals surface area contributed by atoms with Crippen LogP contribution in [0.1, 0.15) is 40.2 Å². The zero-order chi connectivity index (χ0) is 43.1. The molecule has 3 atom stereocenters. The van der Waals surface area contributed by atoms with Crippen molar-refractivity contribution in [2.24, 2.45) is 13.0 Å². The molecule has 2 aliphatic carbocycles. The van der Waals surface area contributed by atoms with Crippen molar-refractivity contribution in [3.63, 3.8) is 0 Å². The number of pyridine rings is 1. The summed E-state index contributed by atoms with van der Waals surface area (Å²) in [5, 5.41) is 14.7. The summed E-state index contributed by atoms with van der Waals surface area (Å²) >= 11 is 1.26. The number of allylic oxidation sites excluding steroid dienone is 2. The molecule has 4 aromatic heterocycles. The minimum absolute atomic E-state index is 0.0168. The number of para-hydroxylation sites is 1. The monoisotopic (exact) mass is 876 g/mol. The number of amides is 1. The van der Waals surface area contributed by atoms with Gasteiger partial charge in [-0.1, -0.05) is 35.6 Å². The molecule has 316 valence electrons. The van der Waals surface area contributed by atoms with Crippen LogP contribution in [0.15, 0.2) is 54.6 Å². The summed E-state index contributed by atoms with van der Waals surface area (Å²) in [6.45, 7) is 0.107. The van der Waals surface area contributed by atoms with E-state index in [-0.39, 0.29) is 29.1 Å². The molecule has 2 aromatic carbocycles. The predicted molar refractivity (Wildman–Crippen MR) is 210 cm³/mol. The lowest BCUT2D eigenvalue weighted by Gasteiger charge is -2.27. The molecule has 4 heterocycles. The summed E-state index contributed by atoms with van der Waals surface area (Å²) in [6, 6.07) is 8.06. The second kappa shape index (κ2) is 14.8. The minimum atomic E-state index is -5.10. The smallest absolute Gasteiger partial charge is 0.360 e. The fourth-order valence-electron chi connectivity index (χ4n) is 7.76. The lowest BCUT2D eigenvalue weighted by atomic mass is 9.81. The van der Waals surface area contributed by atoms with Gasteiger partial charge >= 0.3 is 6.18 Å². The van der Waals surface area contributed by atoms with Gasteiger partial charge in [0.2, 0.25) is 15.9 Å². The lowest BCUT2D eigenvalue weighted by molar-refractivity contribution is -0.142. The highest BCUT2D eigenvalue weighted by Crippen LogP contribution is 2.60. The summed E-state index contributed by atoms with van der Waals surface area (Å²) in [4.78, 5) is 25.5. The molecule has 13 nitrogen and oxygen atoms in total. The average Bonchev–Trinajstić information content (AvgIpc) is 3.81. The van der Waals surface area contributed by atoms with Crippen molar-refractivity contribution in [3.05, 3.63) is 94.5 Å². The Morgan fingerprint density at radius 1 is 1.03 bits per heavy atom. The highest BCUT2D eigenvalue weighted by atomic mass is 32.2. The molecule has 0 bridgehead atoms. The van der Waals surface area contributed by atoms with Crippen molar-refractivity contribution in [3.8, 4) is 11.1 Å². The summed E-state index contributed by atoms with van der Waals surface area (Å²) in [7, 11) is 1.60. The van der Waals surface area contributed by atoms with Gasteiger partial charge in [0, 0.05) is 54.2 Å². The summed E-state index contributed by atoms with van der Waals surface area (Å²) in [6.07, 6.45) is -2.12. The Hall–Kier alpha value is -5.61. The molecule has 0 radical (unpaired) electrons. The first kappa shape index (κ1) is 41.1. The van der Waals surface area contributed by atoms with E-state index in [1.807, 2.05) is 19.0 Å². The third-order valence-corrected chi connectivity index (χ3v) is 11.8. The van der Waals surface area contributed by atoms with Gasteiger partial charge in [-0.25, -0.2) is 27.2 Å². The van der Waals surface area contributed by atoms with Crippen LogP contribution in [-0.2, 0) is 46.9 Å².